The highest BCUT2D eigenvalue weighted by Crippen LogP contribution is 2.36. The van der Waals surface area contributed by atoms with Crippen LogP contribution in [0.3, 0.4) is 0 Å². The number of amides is 4. The number of piperazine rings is 1. The number of fused-ring (bicyclic) bond motifs is 1. The third-order valence-corrected chi connectivity index (χ3v) is 10.5. The Balaban J connectivity index is 1.23. The highest BCUT2D eigenvalue weighted by Gasteiger charge is 2.42. The van der Waals surface area contributed by atoms with E-state index in [1.165, 1.54) is 15.3 Å². The van der Waals surface area contributed by atoms with Gasteiger partial charge < -0.3 is 19.4 Å². The van der Waals surface area contributed by atoms with Crippen LogP contribution in [0.15, 0.2) is 12.1 Å². The molecule has 0 radical (unpaired) electrons. The number of piperidine rings is 2. The predicted molar refractivity (Wildman–Crippen MR) is 146 cm³/mol. The largest absolute Gasteiger partial charge is 0.444 e. The van der Waals surface area contributed by atoms with E-state index < -0.39 is 50.6 Å². The van der Waals surface area contributed by atoms with Crippen LogP contribution in [0.1, 0.15) is 62.4 Å². The molecule has 1 atom stereocenters. The predicted octanol–water partition coefficient (Wildman–Crippen LogP) is 1.44. The number of carbonyl (C=O) groups excluding carboxylic acids is 4. The minimum Gasteiger partial charge on any atom is -0.444 e. The molecule has 0 saturated carbocycles. The zero-order valence-corrected chi connectivity index (χ0v) is 24.3. The lowest BCUT2D eigenvalue weighted by molar-refractivity contribution is -0.136. The van der Waals surface area contributed by atoms with E-state index in [9.17, 15) is 32.0 Å². The molecule has 1 aromatic carbocycles. The second-order valence-corrected chi connectivity index (χ2v) is 14.2. The fourth-order valence-corrected chi connectivity index (χ4v) is 7.85. The van der Waals surface area contributed by atoms with Crippen molar-refractivity contribution in [2.75, 3.05) is 44.2 Å². The number of sulfonamides is 1. The molecule has 4 aliphatic heterocycles. The maximum Gasteiger partial charge on any atom is 0.410 e. The summed E-state index contributed by atoms with van der Waals surface area (Å²) >= 11 is 0. The molecule has 4 aliphatic rings. The summed E-state index contributed by atoms with van der Waals surface area (Å²) in [4.78, 5) is 54.3. The topological polar surface area (TPSA) is 137 Å². The molecule has 12 nitrogen and oxygen atoms in total. The molecular weight excluding hydrogens is 557 g/mol. The standard InChI is InChI=1S/C27H36FN5O7S/c1-27(2,3)40-26(37)31-8-6-18(7-9-31)41(38,39)32-12-10-30(11-13-32)22-15-17(28)14-19-20(22)16-33(25(19)36)21-4-5-23(34)29-24(21)35/h14-15,18,21H,4-13,16H2,1-3H3,(H,29,34,35). The Kier molecular flexibility index (Phi) is 7.74. The Morgan fingerprint density at radius 3 is 2.27 bits per heavy atom. The second-order valence-electron chi connectivity index (χ2n) is 11.9. The number of hydrogen-bond acceptors (Lipinski definition) is 8. The lowest BCUT2D eigenvalue weighted by atomic mass is 10.0. The van der Waals surface area contributed by atoms with E-state index >= 15 is 0 Å². The van der Waals surface area contributed by atoms with Crippen molar-refractivity contribution in [2.45, 2.75) is 69.9 Å². The maximum atomic E-state index is 14.7. The Morgan fingerprint density at radius 2 is 1.66 bits per heavy atom. The third kappa shape index (κ3) is 5.89. The van der Waals surface area contributed by atoms with Crippen LogP contribution in [-0.4, -0.2) is 102 Å². The first-order chi connectivity index (χ1) is 19.2. The fraction of sp³-hybridized carbons (Fsp3) is 0.630. The van der Waals surface area contributed by atoms with E-state index in [0.29, 0.717) is 50.3 Å². The minimum atomic E-state index is -3.62. The number of likely N-dealkylation sites (tertiary alicyclic amines) is 1. The van der Waals surface area contributed by atoms with Crippen molar-refractivity contribution in [2.24, 2.45) is 0 Å². The number of hydrogen-bond donors (Lipinski definition) is 1. The molecule has 1 N–H and O–H groups in total. The highest BCUT2D eigenvalue weighted by atomic mass is 32.2. The Hall–Kier alpha value is -3.26. The van der Waals surface area contributed by atoms with Gasteiger partial charge in [-0.15, -0.1) is 0 Å². The molecule has 4 heterocycles. The molecule has 0 bridgehead atoms. The zero-order chi connectivity index (χ0) is 29.7. The minimum absolute atomic E-state index is 0.102. The van der Waals surface area contributed by atoms with Gasteiger partial charge in [0, 0.05) is 69.0 Å². The number of nitrogens with one attached hydrogen (secondary N) is 1. The third-order valence-electron chi connectivity index (χ3n) is 8.05. The first-order valence-electron chi connectivity index (χ1n) is 13.9. The summed E-state index contributed by atoms with van der Waals surface area (Å²) in [6.07, 6.45) is 0.512. The molecular formula is C27H36FN5O7S. The van der Waals surface area contributed by atoms with Crippen molar-refractivity contribution in [3.8, 4) is 0 Å². The molecule has 0 aromatic heterocycles. The quantitative estimate of drug-likeness (QED) is 0.518. The Morgan fingerprint density at radius 1 is 1.00 bits per heavy atom. The second kappa shape index (κ2) is 10.9. The number of ether oxygens (including phenoxy) is 1. The van der Waals surface area contributed by atoms with Gasteiger partial charge in [0.05, 0.1) is 5.25 Å². The van der Waals surface area contributed by atoms with Crippen molar-refractivity contribution in [1.29, 1.82) is 0 Å². The number of rotatable bonds is 4. The van der Waals surface area contributed by atoms with Crippen molar-refractivity contribution in [3.63, 3.8) is 0 Å². The summed E-state index contributed by atoms with van der Waals surface area (Å²) in [5.74, 6) is -1.98. The van der Waals surface area contributed by atoms with Gasteiger partial charge in [-0.05, 0) is 52.2 Å². The van der Waals surface area contributed by atoms with Crippen LogP contribution >= 0.6 is 0 Å². The molecule has 224 valence electrons. The van der Waals surface area contributed by atoms with Crippen molar-refractivity contribution in [1.82, 2.24) is 19.4 Å². The summed E-state index contributed by atoms with van der Waals surface area (Å²) in [5, 5.41) is 1.66. The molecule has 4 amide bonds. The summed E-state index contributed by atoms with van der Waals surface area (Å²) in [5.41, 5.74) is 0.645. The van der Waals surface area contributed by atoms with E-state index in [1.807, 2.05) is 4.90 Å². The molecule has 3 saturated heterocycles. The number of nitrogens with zero attached hydrogens (tertiary/aromatic N) is 4. The van der Waals surface area contributed by atoms with E-state index in [2.05, 4.69) is 5.32 Å². The monoisotopic (exact) mass is 593 g/mol. The van der Waals surface area contributed by atoms with E-state index in [0.717, 1.165) is 6.07 Å². The lowest BCUT2D eigenvalue weighted by Crippen LogP contribution is -2.53. The smallest absolute Gasteiger partial charge is 0.410 e. The molecule has 41 heavy (non-hydrogen) atoms. The van der Waals surface area contributed by atoms with Crippen LogP contribution in [0.4, 0.5) is 14.9 Å². The summed E-state index contributed by atoms with van der Waals surface area (Å²) in [6.45, 7) is 7.05. The van der Waals surface area contributed by atoms with E-state index in [4.69, 9.17) is 4.74 Å². The molecule has 1 unspecified atom stereocenters. The number of anilines is 1. The first kappa shape index (κ1) is 29.2. The molecule has 1 aromatic rings. The van der Waals surface area contributed by atoms with Crippen LogP contribution in [0, 0.1) is 5.82 Å². The highest BCUT2D eigenvalue weighted by molar-refractivity contribution is 7.89. The van der Waals surface area contributed by atoms with Gasteiger partial charge in [-0.25, -0.2) is 17.6 Å². The molecule has 14 heteroatoms. The van der Waals surface area contributed by atoms with Crippen LogP contribution in [0.2, 0.25) is 0 Å². The Labute approximate surface area is 238 Å². The van der Waals surface area contributed by atoms with Crippen LogP contribution < -0.4 is 10.2 Å². The van der Waals surface area contributed by atoms with Crippen molar-refractivity contribution in [3.05, 3.63) is 29.1 Å². The van der Waals surface area contributed by atoms with Crippen LogP contribution in [0.25, 0.3) is 0 Å². The summed E-state index contributed by atoms with van der Waals surface area (Å²) in [7, 11) is -3.62. The number of carbonyl (C=O) groups is 4. The van der Waals surface area contributed by atoms with Gasteiger partial charge in [0.25, 0.3) is 5.91 Å². The average molecular weight is 594 g/mol. The van der Waals surface area contributed by atoms with Gasteiger partial charge in [0.15, 0.2) is 0 Å². The number of benzene rings is 1. The Bertz CT molecular complexity index is 1360. The van der Waals surface area contributed by atoms with Gasteiger partial charge in [-0.2, -0.15) is 4.31 Å². The fourth-order valence-electron chi connectivity index (χ4n) is 5.95. The molecule has 5 rings (SSSR count). The number of halogens is 1. The molecule has 0 spiro atoms. The van der Waals surface area contributed by atoms with Gasteiger partial charge in [0.1, 0.15) is 17.5 Å². The number of imide groups is 1. The first-order valence-corrected chi connectivity index (χ1v) is 15.4. The normalized spacial score (nSPS) is 23.1. The van der Waals surface area contributed by atoms with E-state index in [1.54, 1.807) is 25.7 Å². The molecule has 3 fully saturated rings. The van der Waals surface area contributed by atoms with Crippen molar-refractivity contribution < 1.29 is 36.7 Å². The van der Waals surface area contributed by atoms with E-state index in [-0.39, 0.29) is 43.9 Å². The van der Waals surface area contributed by atoms with Gasteiger partial charge in [-0.1, -0.05) is 0 Å². The van der Waals surface area contributed by atoms with Crippen molar-refractivity contribution >= 4 is 39.5 Å². The van der Waals surface area contributed by atoms with Crippen LogP contribution in [-0.2, 0) is 30.9 Å². The van der Waals surface area contributed by atoms with Gasteiger partial charge in [0.2, 0.25) is 21.8 Å². The molecule has 0 aliphatic carbocycles. The SMILES string of the molecule is CC(C)(C)OC(=O)N1CCC(S(=O)(=O)N2CCN(c3cc(F)cc4c3CN(C3CCC(=O)NC3=O)C4=O)CC2)CC1. The lowest BCUT2D eigenvalue weighted by Gasteiger charge is -2.39. The zero-order valence-electron chi connectivity index (χ0n) is 23.5. The average Bonchev–Trinajstić information content (AvgIpc) is 3.23. The van der Waals surface area contributed by atoms with Crippen LogP contribution in [0.5, 0.6) is 0 Å². The summed E-state index contributed by atoms with van der Waals surface area (Å²) < 4.78 is 48.4. The summed E-state index contributed by atoms with van der Waals surface area (Å²) in [6, 6.07) is 1.70. The van der Waals surface area contributed by atoms with Gasteiger partial charge >= 0.3 is 6.09 Å². The maximum absolute atomic E-state index is 14.7. The van der Waals surface area contributed by atoms with Gasteiger partial charge in [-0.3, -0.25) is 19.7 Å².